The summed E-state index contributed by atoms with van der Waals surface area (Å²) in [6.07, 6.45) is 1.81. The fourth-order valence-corrected chi connectivity index (χ4v) is 2.63. The van der Waals surface area contributed by atoms with E-state index in [0.717, 1.165) is 10.1 Å². The highest BCUT2D eigenvalue weighted by Crippen LogP contribution is 2.28. The van der Waals surface area contributed by atoms with Gasteiger partial charge in [0.05, 0.1) is 13.2 Å². The molecule has 0 aliphatic rings. The van der Waals surface area contributed by atoms with Crippen LogP contribution >= 0.6 is 0 Å². The number of rotatable bonds is 8. The van der Waals surface area contributed by atoms with Gasteiger partial charge in [-0.2, -0.15) is 0 Å². The molecule has 1 amide bonds. The highest BCUT2D eigenvalue weighted by molar-refractivity contribution is 5.93. The molecule has 146 valence electrons. The predicted molar refractivity (Wildman–Crippen MR) is 102 cm³/mol. The Morgan fingerprint density at radius 3 is 2.41 bits per heavy atom. The molecule has 0 aliphatic heterocycles. The fraction of sp³-hybridized carbons (Fsp3) is 0.421. The molecule has 1 aromatic carbocycles. The Bertz CT molecular complexity index is 930. The average molecular weight is 375 g/mol. The summed E-state index contributed by atoms with van der Waals surface area (Å²) in [7, 11) is 2.84. The van der Waals surface area contributed by atoms with Crippen LogP contribution in [-0.2, 0) is 20.5 Å². The van der Waals surface area contributed by atoms with Gasteiger partial charge in [-0.25, -0.2) is 4.79 Å². The molecule has 1 N–H and O–H groups in total. The first-order valence-corrected chi connectivity index (χ1v) is 8.82. The molecule has 0 unspecified atom stereocenters. The number of ether oxygens (including phenoxy) is 2. The van der Waals surface area contributed by atoms with Crippen LogP contribution in [-0.4, -0.2) is 34.8 Å². The molecule has 2 aromatic rings. The third kappa shape index (κ3) is 4.78. The molecule has 8 heteroatoms. The van der Waals surface area contributed by atoms with Crippen LogP contribution in [0.25, 0.3) is 0 Å². The van der Waals surface area contributed by atoms with Crippen LogP contribution in [0, 0.1) is 0 Å². The van der Waals surface area contributed by atoms with E-state index in [-0.39, 0.29) is 5.56 Å². The van der Waals surface area contributed by atoms with Gasteiger partial charge in [0.2, 0.25) is 0 Å². The number of aryl methyl sites for hydroxylation is 1. The molecule has 2 rings (SSSR count). The first kappa shape index (κ1) is 20.3. The van der Waals surface area contributed by atoms with Gasteiger partial charge in [0.15, 0.2) is 11.5 Å². The van der Waals surface area contributed by atoms with Crippen LogP contribution in [0.15, 0.2) is 34.0 Å². The Balaban J connectivity index is 2.06. The minimum absolute atomic E-state index is 0.0682. The molecule has 0 bridgehead atoms. The van der Waals surface area contributed by atoms with Crippen LogP contribution < -0.4 is 26.0 Å². The van der Waals surface area contributed by atoms with Crippen molar-refractivity contribution < 1.29 is 14.3 Å². The molecule has 0 atom stereocenters. The normalized spacial score (nSPS) is 10.5. The van der Waals surface area contributed by atoms with E-state index in [1.807, 2.05) is 32.0 Å². The molecule has 0 radical (unpaired) electrons. The number of aromatic nitrogens is 2. The van der Waals surface area contributed by atoms with Crippen molar-refractivity contribution in [3.63, 3.8) is 0 Å². The monoisotopic (exact) mass is 375 g/mol. The summed E-state index contributed by atoms with van der Waals surface area (Å²) < 4.78 is 13.2. The van der Waals surface area contributed by atoms with Gasteiger partial charge >= 0.3 is 5.69 Å². The van der Waals surface area contributed by atoms with E-state index in [2.05, 4.69) is 5.32 Å². The van der Waals surface area contributed by atoms with Gasteiger partial charge in [0.1, 0.15) is 5.56 Å². The summed E-state index contributed by atoms with van der Waals surface area (Å²) in [5, 5.41) is 2.71. The third-order valence-corrected chi connectivity index (χ3v) is 4.00. The van der Waals surface area contributed by atoms with Crippen molar-refractivity contribution in [2.24, 2.45) is 14.1 Å². The first-order valence-electron chi connectivity index (χ1n) is 8.82. The Morgan fingerprint density at radius 2 is 1.74 bits per heavy atom. The lowest BCUT2D eigenvalue weighted by Gasteiger charge is -2.13. The van der Waals surface area contributed by atoms with Gasteiger partial charge in [-0.05, 0) is 38.0 Å². The highest BCUT2D eigenvalue weighted by Gasteiger charge is 2.14. The molecular formula is C19H25N3O5. The van der Waals surface area contributed by atoms with Gasteiger partial charge < -0.3 is 19.4 Å². The lowest BCUT2D eigenvalue weighted by atomic mass is 10.1. The van der Waals surface area contributed by atoms with Crippen molar-refractivity contribution in [1.29, 1.82) is 0 Å². The van der Waals surface area contributed by atoms with Crippen molar-refractivity contribution in [2.75, 3.05) is 19.8 Å². The second-order valence-electron chi connectivity index (χ2n) is 5.95. The van der Waals surface area contributed by atoms with Crippen molar-refractivity contribution in [3.8, 4) is 11.5 Å². The molecule has 0 fully saturated rings. The van der Waals surface area contributed by atoms with Gasteiger partial charge in [-0.15, -0.1) is 0 Å². The quantitative estimate of drug-likeness (QED) is 0.739. The van der Waals surface area contributed by atoms with Crippen LogP contribution in [0.5, 0.6) is 11.5 Å². The maximum absolute atomic E-state index is 12.3. The minimum atomic E-state index is -0.615. The maximum Gasteiger partial charge on any atom is 0.330 e. The second-order valence-corrected chi connectivity index (χ2v) is 5.95. The van der Waals surface area contributed by atoms with Gasteiger partial charge in [-0.3, -0.25) is 14.2 Å². The summed E-state index contributed by atoms with van der Waals surface area (Å²) in [6.45, 7) is 5.21. The molecule has 0 aliphatic carbocycles. The Labute approximate surface area is 157 Å². The van der Waals surface area contributed by atoms with E-state index in [1.165, 1.54) is 24.9 Å². The lowest BCUT2D eigenvalue weighted by molar-refractivity contribution is 0.0951. The topological polar surface area (TPSA) is 91.6 Å². The van der Waals surface area contributed by atoms with Crippen molar-refractivity contribution in [2.45, 2.75) is 20.3 Å². The minimum Gasteiger partial charge on any atom is -0.490 e. The van der Waals surface area contributed by atoms with Crippen molar-refractivity contribution in [1.82, 2.24) is 14.5 Å². The molecule has 1 heterocycles. The highest BCUT2D eigenvalue weighted by atomic mass is 16.5. The summed E-state index contributed by atoms with van der Waals surface area (Å²) in [4.78, 5) is 36.1. The number of nitrogens with one attached hydrogen (secondary N) is 1. The SMILES string of the molecule is CCOc1ccc(CCNC(=O)c2cn(C)c(=O)n(C)c2=O)cc1OCC. The summed E-state index contributed by atoms with van der Waals surface area (Å²) in [5.74, 6) is 0.832. The van der Waals surface area contributed by atoms with Gasteiger partial charge in [0.25, 0.3) is 11.5 Å². The number of carbonyl (C=O) groups excluding carboxylic acids is 1. The summed E-state index contributed by atoms with van der Waals surface area (Å²) >= 11 is 0. The largest absolute Gasteiger partial charge is 0.490 e. The fourth-order valence-electron chi connectivity index (χ4n) is 2.63. The van der Waals surface area contributed by atoms with E-state index < -0.39 is 17.2 Å². The van der Waals surface area contributed by atoms with E-state index in [9.17, 15) is 14.4 Å². The standard InChI is InChI=1S/C19H25N3O5/c1-5-26-15-8-7-13(11-16(15)27-6-2)9-10-20-17(23)14-12-21(3)19(25)22(4)18(14)24/h7-8,11-12H,5-6,9-10H2,1-4H3,(H,20,23). The summed E-state index contributed by atoms with van der Waals surface area (Å²) in [6, 6.07) is 5.63. The second kappa shape index (κ2) is 9.07. The molecule has 1 aromatic heterocycles. The van der Waals surface area contributed by atoms with E-state index >= 15 is 0 Å². The molecule has 0 spiro atoms. The van der Waals surface area contributed by atoms with Crippen LogP contribution in [0.1, 0.15) is 29.8 Å². The van der Waals surface area contributed by atoms with Crippen LogP contribution in [0.4, 0.5) is 0 Å². The lowest BCUT2D eigenvalue weighted by Crippen LogP contribution is -2.42. The Hall–Kier alpha value is -3.03. The Kier molecular flexibility index (Phi) is 6.81. The van der Waals surface area contributed by atoms with Crippen LogP contribution in [0.2, 0.25) is 0 Å². The third-order valence-electron chi connectivity index (χ3n) is 4.00. The number of amides is 1. The molecule has 27 heavy (non-hydrogen) atoms. The van der Waals surface area contributed by atoms with Crippen molar-refractivity contribution in [3.05, 3.63) is 56.4 Å². The number of benzene rings is 1. The zero-order valence-electron chi connectivity index (χ0n) is 16.1. The number of hydrogen-bond donors (Lipinski definition) is 1. The number of nitrogens with zero attached hydrogens (tertiary/aromatic N) is 2. The molecular weight excluding hydrogens is 350 g/mol. The van der Waals surface area contributed by atoms with Gasteiger partial charge in [0, 0.05) is 26.8 Å². The molecule has 8 nitrogen and oxygen atoms in total. The number of hydrogen-bond acceptors (Lipinski definition) is 5. The Morgan fingerprint density at radius 1 is 1.07 bits per heavy atom. The van der Waals surface area contributed by atoms with E-state index in [1.54, 1.807) is 0 Å². The van der Waals surface area contributed by atoms with Gasteiger partial charge in [-0.1, -0.05) is 6.07 Å². The van der Waals surface area contributed by atoms with Crippen LogP contribution in [0.3, 0.4) is 0 Å². The smallest absolute Gasteiger partial charge is 0.330 e. The number of carbonyl (C=O) groups is 1. The average Bonchev–Trinajstić information content (AvgIpc) is 2.65. The van der Waals surface area contributed by atoms with E-state index in [4.69, 9.17) is 9.47 Å². The summed E-state index contributed by atoms with van der Waals surface area (Å²) in [5.41, 5.74) is -0.193. The molecule has 0 saturated carbocycles. The first-order chi connectivity index (χ1) is 12.9. The zero-order valence-corrected chi connectivity index (χ0v) is 16.1. The molecule has 0 saturated heterocycles. The predicted octanol–water partition coefficient (Wildman–Crippen LogP) is 0.854. The van der Waals surface area contributed by atoms with E-state index in [0.29, 0.717) is 37.7 Å². The zero-order chi connectivity index (χ0) is 20.0. The maximum atomic E-state index is 12.3. The van der Waals surface area contributed by atoms with Crippen molar-refractivity contribution >= 4 is 5.91 Å².